The molecule has 2 unspecified atom stereocenters. The smallest absolute Gasteiger partial charge is 0.224 e. The normalized spacial score (nSPS) is 20.4. The van der Waals surface area contributed by atoms with Crippen LogP contribution in [-0.2, 0) is 11.2 Å². The summed E-state index contributed by atoms with van der Waals surface area (Å²) in [6.07, 6.45) is 3.45. The number of carbonyl (C=O) groups is 1. The maximum atomic E-state index is 13.1. The summed E-state index contributed by atoms with van der Waals surface area (Å²) in [5.74, 6) is -1.98. The molecule has 0 saturated carbocycles. The molecule has 5 heteroatoms. The Kier molecular flexibility index (Phi) is 5.06. The van der Waals surface area contributed by atoms with Crippen LogP contribution in [0.25, 0.3) is 0 Å². The number of piperidine rings is 1. The Labute approximate surface area is 117 Å². The average Bonchev–Trinajstić information content (AvgIpc) is 2.44. The Balaban J connectivity index is 1.86. The van der Waals surface area contributed by atoms with E-state index in [0.29, 0.717) is 5.56 Å². The molecule has 2 N–H and O–H groups in total. The molecular weight excluding hydrogens is 262 g/mol. The molecule has 2 atom stereocenters. The molecule has 1 saturated heterocycles. The summed E-state index contributed by atoms with van der Waals surface area (Å²) in [6.45, 7) is 2.94. The summed E-state index contributed by atoms with van der Waals surface area (Å²) >= 11 is 0. The zero-order chi connectivity index (χ0) is 14.5. The van der Waals surface area contributed by atoms with E-state index in [4.69, 9.17) is 0 Å². The lowest BCUT2D eigenvalue weighted by Gasteiger charge is -2.29. The first-order valence-corrected chi connectivity index (χ1v) is 7.03. The van der Waals surface area contributed by atoms with Gasteiger partial charge in [0.05, 0.1) is 6.42 Å². The number of carbonyl (C=O) groups excluding carboxylic acids is 1. The molecule has 0 bridgehead atoms. The number of halogens is 2. The fourth-order valence-electron chi connectivity index (χ4n) is 2.55. The van der Waals surface area contributed by atoms with Crippen molar-refractivity contribution in [2.75, 3.05) is 6.54 Å². The summed E-state index contributed by atoms with van der Waals surface area (Å²) in [4.78, 5) is 11.9. The third-order valence-corrected chi connectivity index (χ3v) is 3.69. The Hall–Kier alpha value is -1.49. The highest BCUT2D eigenvalue weighted by Crippen LogP contribution is 2.12. The lowest BCUT2D eigenvalue weighted by Crippen LogP contribution is -2.50. The van der Waals surface area contributed by atoms with Crippen molar-refractivity contribution in [1.29, 1.82) is 0 Å². The predicted molar refractivity (Wildman–Crippen MR) is 73.3 cm³/mol. The van der Waals surface area contributed by atoms with Crippen LogP contribution in [0.1, 0.15) is 31.7 Å². The van der Waals surface area contributed by atoms with Crippen LogP contribution in [0, 0.1) is 11.6 Å². The van der Waals surface area contributed by atoms with E-state index in [-0.39, 0.29) is 24.4 Å². The van der Waals surface area contributed by atoms with Gasteiger partial charge in [-0.3, -0.25) is 4.79 Å². The molecule has 3 nitrogen and oxygen atoms in total. The van der Waals surface area contributed by atoms with Gasteiger partial charge in [0.2, 0.25) is 5.91 Å². The van der Waals surface area contributed by atoms with Crippen LogP contribution < -0.4 is 10.6 Å². The Morgan fingerprint density at radius 3 is 2.85 bits per heavy atom. The third kappa shape index (κ3) is 4.00. The number of benzene rings is 1. The van der Waals surface area contributed by atoms with Gasteiger partial charge in [-0.1, -0.05) is 12.5 Å². The monoisotopic (exact) mass is 282 g/mol. The van der Waals surface area contributed by atoms with Crippen LogP contribution in [-0.4, -0.2) is 24.5 Å². The minimum absolute atomic E-state index is 0.0353. The summed E-state index contributed by atoms with van der Waals surface area (Å²) in [6, 6.07) is 3.87. The molecule has 0 aliphatic carbocycles. The molecule has 1 fully saturated rings. The van der Waals surface area contributed by atoms with Crippen molar-refractivity contribution in [1.82, 2.24) is 10.6 Å². The first-order chi connectivity index (χ1) is 9.56. The van der Waals surface area contributed by atoms with Crippen molar-refractivity contribution in [3.63, 3.8) is 0 Å². The second kappa shape index (κ2) is 6.79. The van der Waals surface area contributed by atoms with Gasteiger partial charge < -0.3 is 10.6 Å². The molecule has 0 radical (unpaired) electrons. The summed E-state index contributed by atoms with van der Waals surface area (Å²) in [5.41, 5.74) is 0.477. The molecule has 1 aliphatic heterocycles. The molecule has 1 aromatic rings. The van der Waals surface area contributed by atoms with Gasteiger partial charge in [-0.05, 0) is 44.0 Å². The van der Waals surface area contributed by atoms with E-state index < -0.39 is 11.6 Å². The number of hydrogen-bond acceptors (Lipinski definition) is 2. The fraction of sp³-hybridized carbons (Fsp3) is 0.533. The van der Waals surface area contributed by atoms with Crippen molar-refractivity contribution >= 4 is 5.91 Å². The average molecular weight is 282 g/mol. The van der Waals surface area contributed by atoms with E-state index in [9.17, 15) is 13.6 Å². The maximum absolute atomic E-state index is 13.1. The van der Waals surface area contributed by atoms with Crippen molar-refractivity contribution < 1.29 is 13.6 Å². The highest BCUT2D eigenvalue weighted by atomic mass is 19.2. The Bertz CT molecular complexity index is 473. The van der Waals surface area contributed by atoms with E-state index in [0.717, 1.165) is 25.1 Å². The van der Waals surface area contributed by atoms with E-state index in [1.165, 1.54) is 18.9 Å². The lowest BCUT2D eigenvalue weighted by molar-refractivity contribution is -0.121. The molecule has 1 amide bonds. The predicted octanol–water partition coefficient (Wildman–Crippen LogP) is 2.15. The number of nitrogens with one attached hydrogen (secondary N) is 2. The van der Waals surface area contributed by atoms with Crippen LogP contribution in [0.15, 0.2) is 18.2 Å². The zero-order valence-electron chi connectivity index (χ0n) is 11.6. The van der Waals surface area contributed by atoms with Crippen molar-refractivity contribution in [3.05, 3.63) is 35.4 Å². The Morgan fingerprint density at radius 2 is 2.20 bits per heavy atom. The molecule has 1 aliphatic rings. The summed E-state index contributed by atoms with van der Waals surface area (Å²) in [7, 11) is 0. The second-order valence-corrected chi connectivity index (χ2v) is 5.34. The molecule has 20 heavy (non-hydrogen) atoms. The first-order valence-electron chi connectivity index (χ1n) is 7.03. The van der Waals surface area contributed by atoms with Gasteiger partial charge in [-0.2, -0.15) is 0 Å². The van der Waals surface area contributed by atoms with Gasteiger partial charge in [0.15, 0.2) is 11.6 Å². The van der Waals surface area contributed by atoms with E-state index in [1.54, 1.807) is 0 Å². The van der Waals surface area contributed by atoms with Crippen molar-refractivity contribution in [2.24, 2.45) is 0 Å². The van der Waals surface area contributed by atoms with E-state index in [2.05, 4.69) is 10.6 Å². The highest BCUT2D eigenvalue weighted by molar-refractivity contribution is 5.78. The van der Waals surface area contributed by atoms with Gasteiger partial charge >= 0.3 is 0 Å². The minimum Gasteiger partial charge on any atom is -0.352 e. The van der Waals surface area contributed by atoms with Crippen molar-refractivity contribution in [2.45, 2.75) is 44.7 Å². The quantitative estimate of drug-likeness (QED) is 0.888. The van der Waals surface area contributed by atoms with E-state index >= 15 is 0 Å². The van der Waals surface area contributed by atoms with Crippen molar-refractivity contribution in [3.8, 4) is 0 Å². The molecular formula is C15H20F2N2O. The van der Waals surface area contributed by atoms with Crippen LogP contribution in [0.4, 0.5) is 8.78 Å². The number of rotatable bonds is 4. The zero-order valence-corrected chi connectivity index (χ0v) is 11.6. The molecule has 0 spiro atoms. The third-order valence-electron chi connectivity index (χ3n) is 3.69. The van der Waals surface area contributed by atoms with Gasteiger partial charge in [-0.25, -0.2) is 8.78 Å². The van der Waals surface area contributed by atoms with Crippen LogP contribution in [0.3, 0.4) is 0 Å². The molecule has 2 rings (SSSR count). The molecule has 110 valence electrons. The Morgan fingerprint density at radius 1 is 1.40 bits per heavy atom. The number of hydrogen-bond donors (Lipinski definition) is 2. The largest absolute Gasteiger partial charge is 0.352 e. The van der Waals surface area contributed by atoms with Gasteiger partial charge in [0.1, 0.15) is 0 Å². The minimum atomic E-state index is -0.919. The summed E-state index contributed by atoms with van der Waals surface area (Å²) < 4.78 is 25.9. The van der Waals surface area contributed by atoms with Gasteiger partial charge in [0, 0.05) is 12.1 Å². The van der Waals surface area contributed by atoms with Gasteiger partial charge in [-0.15, -0.1) is 0 Å². The molecule has 0 aromatic heterocycles. The standard InChI is InChI=1S/C15H20F2N2O/c1-10(14-4-2-3-7-18-14)19-15(20)9-11-5-6-12(16)13(17)8-11/h5-6,8,10,14,18H,2-4,7,9H2,1H3,(H,19,20). The maximum Gasteiger partial charge on any atom is 0.224 e. The first kappa shape index (κ1) is 14.9. The molecule has 1 aromatic carbocycles. The van der Waals surface area contributed by atoms with Crippen LogP contribution in [0.5, 0.6) is 0 Å². The molecule has 1 heterocycles. The SMILES string of the molecule is CC(NC(=O)Cc1ccc(F)c(F)c1)C1CCCCN1. The van der Waals surface area contributed by atoms with Crippen LogP contribution >= 0.6 is 0 Å². The lowest BCUT2D eigenvalue weighted by atomic mass is 9.99. The van der Waals surface area contributed by atoms with E-state index in [1.807, 2.05) is 6.92 Å². The number of amides is 1. The highest BCUT2D eigenvalue weighted by Gasteiger charge is 2.20. The fourth-order valence-corrected chi connectivity index (χ4v) is 2.55. The topological polar surface area (TPSA) is 41.1 Å². The summed E-state index contributed by atoms with van der Waals surface area (Å²) in [5, 5.41) is 6.29. The van der Waals surface area contributed by atoms with Crippen LogP contribution in [0.2, 0.25) is 0 Å². The van der Waals surface area contributed by atoms with Gasteiger partial charge in [0.25, 0.3) is 0 Å². The second-order valence-electron chi connectivity index (χ2n) is 5.34.